The summed E-state index contributed by atoms with van der Waals surface area (Å²) >= 11 is 0. The van der Waals surface area contributed by atoms with Crippen LogP contribution in [0.2, 0.25) is 0 Å². The Hall–Kier alpha value is 0. The molecule has 0 aliphatic rings. The number of rotatable bonds is 8. The average Bonchev–Trinajstić information content (AvgIpc) is 2.13. The molecule has 0 heteroatoms. The molecule has 0 aromatic carbocycles. The Bertz CT molecular complexity index is 115. The van der Waals surface area contributed by atoms with Crippen LogP contribution < -0.4 is 0 Å². The fourth-order valence-corrected chi connectivity index (χ4v) is 2.54. The van der Waals surface area contributed by atoms with Gasteiger partial charge in [0.05, 0.1) is 0 Å². The predicted molar refractivity (Wildman–Crippen MR) is 66.5 cm³/mol. The molecule has 0 aliphatic heterocycles. The van der Waals surface area contributed by atoms with Gasteiger partial charge >= 0.3 is 0 Å². The van der Waals surface area contributed by atoms with Crippen molar-refractivity contribution >= 4 is 0 Å². The molecule has 0 heterocycles. The van der Waals surface area contributed by atoms with E-state index in [1.54, 1.807) is 0 Å². The van der Waals surface area contributed by atoms with Crippen molar-refractivity contribution in [1.82, 2.24) is 0 Å². The van der Waals surface area contributed by atoms with Crippen LogP contribution in [0, 0.1) is 17.8 Å². The summed E-state index contributed by atoms with van der Waals surface area (Å²) in [6.07, 6.45) is 8.42. The molecule has 0 spiro atoms. The van der Waals surface area contributed by atoms with Crippen LogP contribution in [0.1, 0.15) is 73.1 Å². The molecule has 0 saturated carbocycles. The van der Waals surface area contributed by atoms with Crippen molar-refractivity contribution in [2.45, 2.75) is 73.1 Å². The van der Waals surface area contributed by atoms with Crippen molar-refractivity contribution < 1.29 is 0 Å². The first-order valence-electron chi connectivity index (χ1n) is 6.63. The van der Waals surface area contributed by atoms with Crippen LogP contribution >= 0.6 is 0 Å². The quantitative estimate of drug-likeness (QED) is 0.466. The Balaban J connectivity index is 3.82. The molecule has 86 valence electrons. The third kappa shape index (κ3) is 5.67. The van der Waals surface area contributed by atoms with Gasteiger partial charge in [0.2, 0.25) is 0 Å². The van der Waals surface area contributed by atoms with Crippen molar-refractivity contribution in [3.63, 3.8) is 0 Å². The Morgan fingerprint density at radius 1 is 0.786 bits per heavy atom. The normalized spacial score (nSPS) is 15.9. The molecule has 0 fully saturated rings. The fraction of sp³-hybridized carbons (Fsp3) is 1.00. The van der Waals surface area contributed by atoms with Crippen LogP contribution in [0.4, 0.5) is 0 Å². The Morgan fingerprint density at radius 2 is 1.43 bits per heavy atom. The van der Waals surface area contributed by atoms with Gasteiger partial charge in [-0.15, -0.1) is 0 Å². The molecular weight excluding hydrogens is 168 g/mol. The van der Waals surface area contributed by atoms with E-state index in [9.17, 15) is 0 Å². The highest BCUT2D eigenvalue weighted by Crippen LogP contribution is 2.29. The minimum absolute atomic E-state index is 0.867. The third-order valence-corrected chi connectivity index (χ3v) is 3.47. The largest absolute Gasteiger partial charge is 0.0654 e. The summed E-state index contributed by atoms with van der Waals surface area (Å²) in [6, 6.07) is 0. The summed E-state index contributed by atoms with van der Waals surface area (Å²) < 4.78 is 0. The van der Waals surface area contributed by atoms with Gasteiger partial charge in [-0.05, 0) is 17.8 Å². The first kappa shape index (κ1) is 14.0. The zero-order valence-electron chi connectivity index (χ0n) is 11.0. The summed E-state index contributed by atoms with van der Waals surface area (Å²) in [5.41, 5.74) is 0. The summed E-state index contributed by atoms with van der Waals surface area (Å²) in [5, 5.41) is 0. The highest BCUT2D eigenvalue weighted by Gasteiger charge is 2.19. The summed E-state index contributed by atoms with van der Waals surface area (Å²) in [5.74, 6) is 2.75. The molecule has 0 rings (SSSR count). The molecule has 14 heavy (non-hydrogen) atoms. The zero-order valence-corrected chi connectivity index (χ0v) is 11.0. The smallest absolute Gasteiger partial charge is 0.0365 e. The molecule has 0 aliphatic carbocycles. The second-order valence-corrected chi connectivity index (χ2v) is 5.17. The molecule has 0 aromatic rings. The molecule has 0 bridgehead atoms. The van der Waals surface area contributed by atoms with Crippen LogP contribution in [0.25, 0.3) is 0 Å². The molecule has 0 amide bonds. The van der Waals surface area contributed by atoms with Gasteiger partial charge in [-0.2, -0.15) is 0 Å². The third-order valence-electron chi connectivity index (χ3n) is 3.47. The predicted octanol–water partition coefficient (Wildman–Crippen LogP) is 5.28. The van der Waals surface area contributed by atoms with E-state index in [1.165, 1.54) is 38.5 Å². The lowest BCUT2D eigenvalue weighted by Gasteiger charge is -2.27. The summed E-state index contributed by atoms with van der Waals surface area (Å²) in [6.45, 7) is 11.8. The van der Waals surface area contributed by atoms with Crippen molar-refractivity contribution in [3.05, 3.63) is 0 Å². The number of hydrogen-bond donors (Lipinski definition) is 0. The van der Waals surface area contributed by atoms with Crippen LogP contribution in [0.5, 0.6) is 0 Å². The Labute approximate surface area is 91.5 Å². The van der Waals surface area contributed by atoms with Gasteiger partial charge in [-0.25, -0.2) is 0 Å². The Morgan fingerprint density at radius 3 is 1.86 bits per heavy atom. The second kappa shape index (κ2) is 8.32. The van der Waals surface area contributed by atoms with Crippen molar-refractivity contribution in [3.8, 4) is 0 Å². The van der Waals surface area contributed by atoms with E-state index >= 15 is 0 Å². The van der Waals surface area contributed by atoms with Crippen molar-refractivity contribution in [2.75, 3.05) is 0 Å². The zero-order chi connectivity index (χ0) is 11.0. The molecule has 0 nitrogen and oxygen atoms in total. The minimum Gasteiger partial charge on any atom is -0.0654 e. The molecule has 2 atom stereocenters. The molecular formula is C14H30. The highest BCUT2D eigenvalue weighted by molar-refractivity contribution is 4.69. The minimum atomic E-state index is 0.867. The molecule has 0 radical (unpaired) electrons. The maximum Gasteiger partial charge on any atom is -0.0365 e. The maximum absolute atomic E-state index is 2.45. The lowest BCUT2D eigenvalue weighted by molar-refractivity contribution is 0.235. The van der Waals surface area contributed by atoms with E-state index in [-0.39, 0.29) is 0 Å². The molecule has 0 saturated heterocycles. The number of unbranched alkanes of at least 4 members (excludes halogenated alkanes) is 2. The van der Waals surface area contributed by atoms with Gasteiger partial charge in [0.15, 0.2) is 0 Å². The second-order valence-electron chi connectivity index (χ2n) is 5.17. The van der Waals surface area contributed by atoms with Gasteiger partial charge in [0.25, 0.3) is 0 Å². The van der Waals surface area contributed by atoms with E-state index in [0.29, 0.717) is 0 Å². The van der Waals surface area contributed by atoms with Gasteiger partial charge in [-0.3, -0.25) is 0 Å². The highest BCUT2D eigenvalue weighted by atomic mass is 14.2. The average molecular weight is 198 g/mol. The van der Waals surface area contributed by atoms with Gasteiger partial charge < -0.3 is 0 Å². The van der Waals surface area contributed by atoms with Crippen LogP contribution in [-0.4, -0.2) is 0 Å². The van der Waals surface area contributed by atoms with E-state index in [0.717, 1.165) is 17.8 Å². The summed E-state index contributed by atoms with van der Waals surface area (Å²) in [7, 11) is 0. The molecule has 0 N–H and O–H groups in total. The lowest BCUT2D eigenvalue weighted by atomic mass is 9.79. The SMILES string of the molecule is CCCCCC(C)C(CCC)C(C)C. The maximum atomic E-state index is 2.45. The van der Waals surface area contributed by atoms with E-state index in [1.807, 2.05) is 0 Å². The van der Waals surface area contributed by atoms with E-state index in [2.05, 4.69) is 34.6 Å². The van der Waals surface area contributed by atoms with Crippen LogP contribution in [0.15, 0.2) is 0 Å². The van der Waals surface area contributed by atoms with Gasteiger partial charge in [-0.1, -0.05) is 73.1 Å². The number of hydrogen-bond acceptors (Lipinski definition) is 0. The molecule has 2 unspecified atom stereocenters. The van der Waals surface area contributed by atoms with Crippen LogP contribution in [-0.2, 0) is 0 Å². The first-order valence-corrected chi connectivity index (χ1v) is 6.63. The monoisotopic (exact) mass is 198 g/mol. The molecule has 0 aromatic heterocycles. The van der Waals surface area contributed by atoms with E-state index < -0.39 is 0 Å². The Kier molecular flexibility index (Phi) is 8.32. The van der Waals surface area contributed by atoms with Crippen molar-refractivity contribution in [2.24, 2.45) is 17.8 Å². The first-order chi connectivity index (χ1) is 6.63. The summed E-state index contributed by atoms with van der Waals surface area (Å²) in [4.78, 5) is 0. The van der Waals surface area contributed by atoms with E-state index in [4.69, 9.17) is 0 Å². The van der Waals surface area contributed by atoms with Gasteiger partial charge in [0.1, 0.15) is 0 Å². The van der Waals surface area contributed by atoms with Crippen LogP contribution in [0.3, 0.4) is 0 Å². The topological polar surface area (TPSA) is 0 Å². The lowest BCUT2D eigenvalue weighted by Crippen LogP contribution is -2.17. The standard InChI is InChI=1S/C14H30/c1-6-8-9-11-13(5)14(10-7-2)12(3)4/h12-14H,6-11H2,1-5H3. The van der Waals surface area contributed by atoms with Crippen molar-refractivity contribution in [1.29, 1.82) is 0 Å². The van der Waals surface area contributed by atoms with Gasteiger partial charge in [0, 0.05) is 0 Å². The fourth-order valence-electron chi connectivity index (χ4n) is 2.54.